The van der Waals surface area contributed by atoms with Crippen molar-refractivity contribution < 1.29 is 32.2 Å². The van der Waals surface area contributed by atoms with Crippen LogP contribution in [0.15, 0.2) is 48.5 Å². The number of halogens is 3. The van der Waals surface area contributed by atoms with E-state index >= 15 is 0 Å². The van der Waals surface area contributed by atoms with Gasteiger partial charge in [0.1, 0.15) is 0 Å². The molecule has 0 aliphatic carbocycles. The number of hydrazine groups is 1. The molecule has 9 heteroatoms. The third kappa shape index (κ3) is 5.91. The Morgan fingerprint density at radius 3 is 2.07 bits per heavy atom. The lowest BCUT2D eigenvalue weighted by molar-refractivity contribution is -0.137. The van der Waals surface area contributed by atoms with Gasteiger partial charge in [-0.3, -0.25) is 20.4 Å². The number of ether oxygens (including phenoxy) is 2. The predicted octanol–water partition coefficient (Wildman–Crippen LogP) is 2.94. The fourth-order valence-corrected chi connectivity index (χ4v) is 2.03. The molecule has 0 radical (unpaired) electrons. The number of hydrogen-bond acceptors (Lipinski definition) is 4. The highest BCUT2D eigenvalue weighted by atomic mass is 19.4. The molecule has 2 aromatic carbocycles. The highest BCUT2D eigenvalue weighted by Gasteiger charge is 2.30. The maximum absolute atomic E-state index is 12.5. The Kier molecular flexibility index (Phi) is 6.64. The van der Waals surface area contributed by atoms with E-state index in [0.29, 0.717) is 18.1 Å². The number of benzene rings is 2. The van der Waals surface area contributed by atoms with Crippen LogP contribution in [0, 0.1) is 0 Å². The number of amides is 2. The fourth-order valence-electron chi connectivity index (χ4n) is 2.03. The van der Waals surface area contributed by atoms with Crippen molar-refractivity contribution in [3.8, 4) is 11.5 Å². The Morgan fingerprint density at radius 1 is 0.926 bits per heavy atom. The normalized spacial score (nSPS) is 10.8. The smallest absolute Gasteiger partial charge is 0.416 e. The monoisotopic (exact) mass is 382 g/mol. The van der Waals surface area contributed by atoms with Crippen LogP contribution in [0.2, 0.25) is 0 Å². The summed E-state index contributed by atoms with van der Waals surface area (Å²) >= 11 is 0. The third-order valence-electron chi connectivity index (χ3n) is 3.30. The Hall–Kier alpha value is -3.23. The van der Waals surface area contributed by atoms with E-state index in [0.717, 1.165) is 24.3 Å². The molecular weight excluding hydrogens is 365 g/mol. The van der Waals surface area contributed by atoms with Gasteiger partial charge >= 0.3 is 6.18 Å². The van der Waals surface area contributed by atoms with Crippen molar-refractivity contribution in [1.82, 2.24) is 10.9 Å². The van der Waals surface area contributed by atoms with Gasteiger partial charge in [0, 0.05) is 5.56 Å². The summed E-state index contributed by atoms with van der Waals surface area (Å²) in [6.07, 6.45) is -4.49. The number of nitrogens with one attached hydrogen (secondary N) is 2. The largest absolute Gasteiger partial charge is 0.490 e. The van der Waals surface area contributed by atoms with E-state index in [4.69, 9.17) is 9.47 Å². The molecule has 2 N–H and O–H groups in total. The van der Waals surface area contributed by atoms with Crippen molar-refractivity contribution in [1.29, 1.82) is 0 Å². The first kappa shape index (κ1) is 20.1. The molecule has 0 unspecified atom stereocenters. The Balaban J connectivity index is 1.84. The van der Waals surface area contributed by atoms with E-state index < -0.39 is 30.2 Å². The molecule has 0 fully saturated rings. The molecule has 0 aliphatic rings. The van der Waals surface area contributed by atoms with Crippen LogP contribution in [0.25, 0.3) is 0 Å². The van der Waals surface area contributed by atoms with E-state index in [1.165, 1.54) is 0 Å². The summed E-state index contributed by atoms with van der Waals surface area (Å²) in [7, 11) is 0. The molecule has 144 valence electrons. The molecule has 6 nitrogen and oxygen atoms in total. The molecule has 2 amide bonds. The number of alkyl halides is 3. The van der Waals surface area contributed by atoms with Crippen molar-refractivity contribution in [3.05, 3.63) is 59.7 Å². The van der Waals surface area contributed by atoms with Crippen molar-refractivity contribution in [2.24, 2.45) is 0 Å². The summed E-state index contributed by atoms with van der Waals surface area (Å²) in [6.45, 7) is 1.84. The fraction of sp³-hybridized carbons (Fsp3) is 0.222. The van der Waals surface area contributed by atoms with Gasteiger partial charge in [0.15, 0.2) is 18.1 Å². The first-order chi connectivity index (χ1) is 12.8. The van der Waals surface area contributed by atoms with Gasteiger partial charge in [-0.15, -0.1) is 0 Å². The quantitative estimate of drug-likeness (QED) is 0.754. The maximum atomic E-state index is 12.5. The highest BCUT2D eigenvalue weighted by molar-refractivity contribution is 5.95. The minimum Gasteiger partial charge on any atom is -0.490 e. The zero-order valence-electron chi connectivity index (χ0n) is 14.3. The van der Waals surface area contributed by atoms with Crippen molar-refractivity contribution in [2.75, 3.05) is 13.2 Å². The van der Waals surface area contributed by atoms with E-state index in [9.17, 15) is 22.8 Å². The number of para-hydroxylation sites is 2. The lowest BCUT2D eigenvalue weighted by Gasteiger charge is -2.12. The standard InChI is InChI=1S/C18H17F3N2O4/c1-2-26-14-5-3-4-6-15(14)27-11-16(24)22-23-17(25)12-7-9-13(10-8-12)18(19,20)21/h3-10H,2,11H2,1H3,(H,22,24)(H,23,25). The van der Waals surface area contributed by atoms with E-state index in [2.05, 4.69) is 10.9 Å². The van der Waals surface area contributed by atoms with Gasteiger partial charge in [0.2, 0.25) is 0 Å². The molecule has 0 aromatic heterocycles. The molecular formula is C18H17F3N2O4. The molecule has 0 atom stereocenters. The van der Waals surface area contributed by atoms with E-state index in [1.54, 1.807) is 31.2 Å². The summed E-state index contributed by atoms with van der Waals surface area (Å²) in [5.41, 5.74) is 3.32. The number of rotatable bonds is 6. The van der Waals surface area contributed by atoms with Gasteiger partial charge in [0.05, 0.1) is 12.2 Å². The first-order valence-electron chi connectivity index (χ1n) is 7.92. The van der Waals surface area contributed by atoms with Crippen LogP contribution < -0.4 is 20.3 Å². The molecule has 2 aromatic rings. The second-order valence-corrected chi connectivity index (χ2v) is 5.25. The van der Waals surface area contributed by atoms with Crippen molar-refractivity contribution >= 4 is 11.8 Å². The minimum absolute atomic E-state index is 0.0362. The molecule has 0 saturated heterocycles. The minimum atomic E-state index is -4.49. The average molecular weight is 382 g/mol. The van der Waals surface area contributed by atoms with Gasteiger partial charge in [-0.2, -0.15) is 13.2 Å². The summed E-state index contributed by atoms with van der Waals surface area (Å²) in [5, 5.41) is 0. The van der Waals surface area contributed by atoms with Crippen molar-refractivity contribution in [2.45, 2.75) is 13.1 Å². The Bertz CT molecular complexity index is 792. The van der Waals surface area contributed by atoms with E-state index in [1.807, 2.05) is 0 Å². The summed E-state index contributed by atoms with van der Waals surface area (Å²) < 4.78 is 48.2. The number of carbonyl (C=O) groups is 2. The molecule has 0 aliphatic heterocycles. The van der Waals surface area contributed by atoms with Crippen LogP contribution in [0.5, 0.6) is 11.5 Å². The Labute approximate surface area is 153 Å². The Morgan fingerprint density at radius 2 is 1.52 bits per heavy atom. The van der Waals surface area contributed by atoms with E-state index in [-0.39, 0.29) is 5.56 Å². The van der Waals surface area contributed by atoms with Crippen LogP contribution in [-0.2, 0) is 11.0 Å². The highest BCUT2D eigenvalue weighted by Crippen LogP contribution is 2.29. The van der Waals surface area contributed by atoms with Crippen LogP contribution >= 0.6 is 0 Å². The second-order valence-electron chi connectivity index (χ2n) is 5.25. The lowest BCUT2D eigenvalue weighted by Crippen LogP contribution is -2.43. The topological polar surface area (TPSA) is 76.7 Å². The lowest BCUT2D eigenvalue weighted by atomic mass is 10.1. The number of carbonyl (C=O) groups excluding carboxylic acids is 2. The molecule has 0 spiro atoms. The average Bonchev–Trinajstić information content (AvgIpc) is 2.65. The molecule has 0 bridgehead atoms. The third-order valence-corrected chi connectivity index (χ3v) is 3.30. The van der Waals surface area contributed by atoms with Gasteiger partial charge in [0.25, 0.3) is 11.8 Å². The molecule has 0 saturated carbocycles. The zero-order valence-corrected chi connectivity index (χ0v) is 14.3. The zero-order chi connectivity index (χ0) is 19.9. The van der Waals surface area contributed by atoms with Crippen LogP contribution in [0.4, 0.5) is 13.2 Å². The SMILES string of the molecule is CCOc1ccccc1OCC(=O)NNC(=O)c1ccc(C(F)(F)F)cc1. The van der Waals surface area contributed by atoms with Gasteiger partial charge in [-0.25, -0.2) is 0 Å². The molecule has 2 rings (SSSR count). The summed E-state index contributed by atoms with van der Waals surface area (Å²) in [6, 6.07) is 10.4. The van der Waals surface area contributed by atoms with Crippen molar-refractivity contribution in [3.63, 3.8) is 0 Å². The maximum Gasteiger partial charge on any atom is 0.416 e. The van der Waals surface area contributed by atoms with Crippen LogP contribution in [-0.4, -0.2) is 25.0 Å². The summed E-state index contributed by atoms with van der Waals surface area (Å²) in [4.78, 5) is 23.6. The first-order valence-corrected chi connectivity index (χ1v) is 7.92. The van der Waals surface area contributed by atoms with Crippen LogP contribution in [0.1, 0.15) is 22.8 Å². The van der Waals surface area contributed by atoms with Gasteiger partial charge < -0.3 is 9.47 Å². The van der Waals surface area contributed by atoms with Gasteiger partial charge in [-0.05, 0) is 43.3 Å². The molecule has 27 heavy (non-hydrogen) atoms. The van der Waals surface area contributed by atoms with Gasteiger partial charge in [-0.1, -0.05) is 12.1 Å². The number of hydrogen-bond donors (Lipinski definition) is 2. The van der Waals surface area contributed by atoms with Crippen LogP contribution in [0.3, 0.4) is 0 Å². The summed E-state index contributed by atoms with van der Waals surface area (Å²) in [5.74, 6) is -0.571. The second kappa shape index (κ2) is 8.93. The molecule has 0 heterocycles. The predicted molar refractivity (Wildman–Crippen MR) is 90.2 cm³/mol.